The molecule has 15 heavy (non-hydrogen) atoms. The van der Waals surface area contributed by atoms with Crippen molar-refractivity contribution in [3.05, 3.63) is 0 Å². The Kier molecular flexibility index (Phi) is 8.49. The summed E-state index contributed by atoms with van der Waals surface area (Å²) in [6, 6.07) is 0. The SMILES string of the molecule is COCCCOCCC(C)(CCl)C(C)C. The normalized spacial score (nSPS) is 15.6. The van der Waals surface area contributed by atoms with Crippen molar-refractivity contribution in [3.63, 3.8) is 0 Å². The van der Waals surface area contributed by atoms with Crippen molar-refractivity contribution in [1.82, 2.24) is 0 Å². The Morgan fingerprint density at radius 3 is 2.33 bits per heavy atom. The van der Waals surface area contributed by atoms with Crippen molar-refractivity contribution >= 4 is 11.6 Å². The molecule has 1 atom stereocenters. The first kappa shape index (κ1) is 15.2. The summed E-state index contributed by atoms with van der Waals surface area (Å²) in [6.07, 6.45) is 2.00. The number of ether oxygens (including phenoxy) is 2. The fourth-order valence-electron chi connectivity index (χ4n) is 1.22. The van der Waals surface area contributed by atoms with Crippen molar-refractivity contribution in [2.75, 3.05) is 32.8 Å². The number of halogens is 1. The summed E-state index contributed by atoms with van der Waals surface area (Å²) < 4.78 is 10.5. The lowest BCUT2D eigenvalue weighted by Gasteiger charge is -2.31. The fourth-order valence-corrected chi connectivity index (χ4v) is 1.66. The maximum absolute atomic E-state index is 5.99. The molecule has 0 fully saturated rings. The summed E-state index contributed by atoms with van der Waals surface area (Å²) in [6.45, 7) is 9.01. The molecule has 0 N–H and O–H groups in total. The highest BCUT2D eigenvalue weighted by Gasteiger charge is 2.26. The first-order valence-electron chi connectivity index (χ1n) is 5.69. The zero-order valence-electron chi connectivity index (χ0n) is 10.5. The third-order valence-corrected chi connectivity index (χ3v) is 3.76. The summed E-state index contributed by atoms with van der Waals surface area (Å²) in [5.41, 5.74) is 0.197. The summed E-state index contributed by atoms with van der Waals surface area (Å²) >= 11 is 5.99. The van der Waals surface area contributed by atoms with E-state index in [2.05, 4.69) is 20.8 Å². The molecule has 0 bridgehead atoms. The molecule has 0 aromatic heterocycles. The molecule has 0 spiro atoms. The van der Waals surface area contributed by atoms with Gasteiger partial charge in [-0.1, -0.05) is 20.8 Å². The molecule has 1 unspecified atom stereocenters. The first-order valence-corrected chi connectivity index (χ1v) is 6.23. The minimum Gasteiger partial charge on any atom is -0.385 e. The topological polar surface area (TPSA) is 18.5 Å². The quantitative estimate of drug-likeness (QED) is 0.452. The smallest absolute Gasteiger partial charge is 0.0487 e. The minimum atomic E-state index is 0.197. The molecule has 0 saturated carbocycles. The van der Waals surface area contributed by atoms with Crippen LogP contribution in [0, 0.1) is 11.3 Å². The highest BCUT2D eigenvalue weighted by atomic mass is 35.5. The van der Waals surface area contributed by atoms with E-state index in [1.807, 2.05) is 0 Å². The van der Waals surface area contributed by atoms with Crippen LogP contribution >= 0.6 is 11.6 Å². The van der Waals surface area contributed by atoms with Crippen molar-refractivity contribution in [1.29, 1.82) is 0 Å². The minimum absolute atomic E-state index is 0.197. The van der Waals surface area contributed by atoms with Crippen LogP contribution in [0.3, 0.4) is 0 Å². The standard InChI is InChI=1S/C12H25ClO2/c1-11(2)12(3,10-13)6-9-15-8-5-7-14-4/h11H,5-10H2,1-4H3. The van der Waals surface area contributed by atoms with Gasteiger partial charge in [0.05, 0.1) is 0 Å². The van der Waals surface area contributed by atoms with Crippen molar-refractivity contribution in [2.45, 2.75) is 33.6 Å². The van der Waals surface area contributed by atoms with Gasteiger partial charge in [-0.2, -0.15) is 0 Å². The van der Waals surface area contributed by atoms with Crippen LogP contribution in [-0.4, -0.2) is 32.8 Å². The molecular weight excluding hydrogens is 212 g/mol. The molecule has 0 rings (SSSR count). The van der Waals surface area contributed by atoms with Crippen molar-refractivity contribution in [3.8, 4) is 0 Å². The van der Waals surface area contributed by atoms with E-state index < -0.39 is 0 Å². The fraction of sp³-hybridized carbons (Fsp3) is 1.00. The third-order valence-electron chi connectivity index (χ3n) is 3.15. The zero-order chi connectivity index (χ0) is 11.7. The lowest BCUT2D eigenvalue weighted by Crippen LogP contribution is -2.27. The van der Waals surface area contributed by atoms with E-state index in [-0.39, 0.29) is 5.41 Å². The molecule has 2 nitrogen and oxygen atoms in total. The van der Waals surface area contributed by atoms with Gasteiger partial charge in [-0.05, 0) is 24.2 Å². The number of methoxy groups -OCH3 is 1. The second-order valence-electron chi connectivity index (χ2n) is 4.65. The van der Waals surface area contributed by atoms with Crippen molar-refractivity contribution in [2.24, 2.45) is 11.3 Å². The van der Waals surface area contributed by atoms with Gasteiger partial charge >= 0.3 is 0 Å². The van der Waals surface area contributed by atoms with Gasteiger partial charge < -0.3 is 9.47 Å². The van der Waals surface area contributed by atoms with Gasteiger partial charge in [-0.15, -0.1) is 11.6 Å². The van der Waals surface area contributed by atoms with Crippen LogP contribution < -0.4 is 0 Å². The Morgan fingerprint density at radius 1 is 1.20 bits per heavy atom. The number of hydrogen-bond acceptors (Lipinski definition) is 2. The average molecular weight is 237 g/mol. The van der Waals surface area contributed by atoms with Gasteiger partial charge in [0.1, 0.15) is 0 Å². The van der Waals surface area contributed by atoms with Crippen LogP contribution in [0.25, 0.3) is 0 Å². The molecule has 0 amide bonds. The van der Waals surface area contributed by atoms with E-state index in [4.69, 9.17) is 21.1 Å². The molecule has 0 aromatic rings. The Labute approximate surface area is 99.3 Å². The van der Waals surface area contributed by atoms with Crippen LogP contribution in [0.2, 0.25) is 0 Å². The monoisotopic (exact) mass is 236 g/mol. The zero-order valence-corrected chi connectivity index (χ0v) is 11.3. The molecule has 0 aliphatic rings. The summed E-state index contributed by atoms with van der Waals surface area (Å²) in [5, 5.41) is 0. The lowest BCUT2D eigenvalue weighted by molar-refractivity contribution is 0.0733. The van der Waals surface area contributed by atoms with Crippen LogP contribution in [0.15, 0.2) is 0 Å². The molecule has 0 heterocycles. The van der Waals surface area contributed by atoms with Crippen LogP contribution in [-0.2, 0) is 9.47 Å². The van der Waals surface area contributed by atoms with Crippen LogP contribution in [0.5, 0.6) is 0 Å². The van der Waals surface area contributed by atoms with Gasteiger partial charge in [0.15, 0.2) is 0 Å². The highest BCUT2D eigenvalue weighted by Crippen LogP contribution is 2.32. The summed E-state index contributed by atoms with van der Waals surface area (Å²) in [5.74, 6) is 1.30. The number of alkyl halides is 1. The van der Waals surface area contributed by atoms with E-state index in [1.165, 1.54) is 0 Å². The predicted octanol–water partition coefficient (Wildman–Crippen LogP) is 3.33. The Hall–Kier alpha value is 0.210. The largest absolute Gasteiger partial charge is 0.385 e. The van der Waals surface area contributed by atoms with Crippen LogP contribution in [0.1, 0.15) is 33.6 Å². The van der Waals surface area contributed by atoms with Crippen LogP contribution in [0.4, 0.5) is 0 Å². The van der Waals surface area contributed by atoms with E-state index in [9.17, 15) is 0 Å². The second kappa shape index (κ2) is 8.37. The molecule has 0 aromatic carbocycles. The molecule has 0 aliphatic heterocycles. The van der Waals surface area contributed by atoms with Gasteiger partial charge in [-0.3, -0.25) is 0 Å². The first-order chi connectivity index (χ1) is 7.06. The molecule has 0 radical (unpaired) electrons. The van der Waals surface area contributed by atoms with E-state index >= 15 is 0 Å². The van der Waals surface area contributed by atoms with Gasteiger partial charge in [0.25, 0.3) is 0 Å². The van der Waals surface area contributed by atoms with Gasteiger partial charge in [-0.25, -0.2) is 0 Å². The lowest BCUT2D eigenvalue weighted by atomic mass is 9.78. The highest BCUT2D eigenvalue weighted by molar-refractivity contribution is 6.18. The van der Waals surface area contributed by atoms with Gasteiger partial charge in [0.2, 0.25) is 0 Å². The van der Waals surface area contributed by atoms with Gasteiger partial charge in [0, 0.05) is 32.8 Å². The van der Waals surface area contributed by atoms with E-state index in [1.54, 1.807) is 7.11 Å². The Balaban J connectivity index is 3.55. The molecule has 92 valence electrons. The summed E-state index contributed by atoms with van der Waals surface area (Å²) in [4.78, 5) is 0. The molecule has 3 heteroatoms. The predicted molar refractivity (Wildman–Crippen MR) is 65.6 cm³/mol. The third kappa shape index (κ3) is 6.39. The maximum Gasteiger partial charge on any atom is 0.0487 e. The average Bonchev–Trinajstić information content (AvgIpc) is 2.22. The Bertz CT molecular complexity index is 151. The Morgan fingerprint density at radius 2 is 1.87 bits per heavy atom. The second-order valence-corrected chi connectivity index (χ2v) is 4.92. The molecule has 0 saturated heterocycles. The van der Waals surface area contributed by atoms with E-state index in [0.717, 1.165) is 32.7 Å². The van der Waals surface area contributed by atoms with E-state index in [0.29, 0.717) is 11.8 Å². The molecular formula is C12H25ClO2. The molecule has 0 aliphatic carbocycles. The number of rotatable bonds is 9. The van der Waals surface area contributed by atoms with Crippen molar-refractivity contribution < 1.29 is 9.47 Å². The maximum atomic E-state index is 5.99. The number of hydrogen-bond donors (Lipinski definition) is 0. The summed E-state index contributed by atoms with van der Waals surface area (Å²) in [7, 11) is 1.71.